The Morgan fingerprint density at radius 1 is 1.04 bits per heavy atom. The van der Waals surface area contributed by atoms with Crippen LogP contribution in [0.15, 0.2) is 11.6 Å². The molecular formula is C26H44O. The first kappa shape index (κ1) is 20.0. The van der Waals surface area contributed by atoms with Crippen molar-refractivity contribution in [2.75, 3.05) is 0 Å². The number of fused-ring (bicyclic) bond motifs is 5. The second kappa shape index (κ2) is 6.35. The molecule has 0 spiro atoms. The Balaban J connectivity index is 1.61. The van der Waals surface area contributed by atoms with Gasteiger partial charge >= 0.3 is 0 Å². The first-order valence-electron chi connectivity index (χ1n) is 12.0. The summed E-state index contributed by atoms with van der Waals surface area (Å²) in [6.07, 6.45) is 15.1. The quantitative estimate of drug-likeness (QED) is 0.511. The Labute approximate surface area is 168 Å². The smallest absolute Gasteiger partial charge is 0.0653 e. The summed E-state index contributed by atoms with van der Waals surface area (Å²) in [6, 6.07) is 0. The minimum atomic E-state index is -0.378. The van der Waals surface area contributed by atoms with Crippen LogP contribution in [-0.4, -0.2) is 10.7 Å². The molecule has 1 nitrogen and oxygen atoms in total. The second-order valence-electron chi connectivity index (χ2n) is 12.1. The molecule has 0 aliphatic heterocycles. The van der Waals surface area contributed by atoms with E-state index in [9.17, 15) is 5.11 Å². The maximum atomic E-state index is 11.3. The number of hydrogen-bond donors (Lipinski definition) is 1. The zero-order valence-corrected chi connectivity index (χ0v) is 18.9. The highest BCUT2D eigenvalue weighted by Crippen LogP contribution is 2.74. The van der Waals surface area contributed by atoms with E-state index in [0.717, 1.165) is 37.0 Å². The molecule has 0 bridgehead atoms. The van der Waals surface area contributed by atoms with E-state index < -0.39 is 0 Å². The van der Waals surface area contributed by atoms with Crippen molar-refractivity contribution in [3.8, 4) is 0 Å². The van der Waals surface area contributed by atoms with Crippen LogP contribution in [0.25, 0.3) is 0 Å². The van der Waals surface area contributed by atoms with Crippen LogP contribution >= 0.6 is 0 Å². The minimum Gasteiger partial charge on any atom is -0.390 e. The molecule has 4 saturated carbocycles. The van der Waals surface area contributed by atoms with Gasteiger partial charge in [0.15, 0.2) is 0 Å². The molecule has 0 aromatic carbocycles. The van der Waals surface area contributed by atoms with Gasteiger partial charge in [-0.2, -0.15) is 0 Å². The third-order valence-corrected chi connectivity index (χ3v) is 10.6. The fourth-order valence-corrected chi connectivity index (χ4v) is 9.18. The standard InChI is InChI=1S/C26H44O/c1-7-20-10-12-25(6)22-9-8-19-17-26(27,16-18(2)3)13-11-21(19)23(22,4)14-15-24(20,25)5/h7,18-19,21-22,27H,8-17H2,1-6H3/b20-7-/t19-,21+,22-,23-,24-,25+,26+/m1/s1. The van der Waals surface area contributed by atoms with Crippen molar-refractivity contribution >= 4 is 0 Å². The van der Waals surface area contributed by atoms with Crippen molar-refractivity contribution in [1.29, 1.82) is 0 Å². The summed E-state index contributed by atoms with van der Waals surface area (Å²) in [6.45, 7) is 14.7. The lowest BCUT2D eigenvalue weighted by Crippen LogP contribution is -2.59. The van der Waals surface area contributed by atoms with Gasteiger partial charge in [-0.3, -0.25) is 0 Å². The molecule has 4 aliphatic carbocycles. The first-order valence-corrected chi connectivity index (χ1v) is 12.0. The van der Waals surface area contributed by atoms with Crippen molar-refractivity contribution in [3.63, 3.8) is 0 Å². The topological polar surface area (TPSA) is 20.2 Å². The molecule has 0 aromatic rings. The van der Waals surface area contributed by atoms with Gasteiger partial charge in [0.05, 0.1) is 5.60 Å². The molecular weight excluding hydrogens is 328 g/mol. The first-order chi connectivity index (χ1) is 12.6. The highest BCUT2D eigenvalue weighted by Gasteiger charge is 2.65. The van der Waals surface area contributed by atoms with Gasteiger partial charge in [-0.1, -0.05) is 46.3 Å². The van der Waals surface area contributed by atoms with E-state index in [1.807, 2.05) is 0 Å². The fourth-order valence-electron chi connectivity index (χ4n) is 9.18. The van der Waals surface area contributed by atoms with Crippen LogP contribution in [0.5, 0.6) is 0 Å². The summed E-state index contributed by atoms with van der Waals surface area (Å²) >= 11 is 0. The summed E-state index contributed by atoms with van der Waals surface area (Å²) in [5, 5.41) is 11.3. The van der Waals surface area contributed by atoms with E-state index in [1.54, 1.807) is 5.57 Å². The molecule has 0 aromatic heterocycles. The number of allylic oxidation sites excluding steroid dienone is 2. The molecule has 1 heteroatoms. The fraction of sp³-hybridized carbons (Fsp3) is 0.923. The van der Waals surface area contributed by atoms with E-state index in [4.69, 9.17) is 0 Å². The van der Waals surface area contributed by atoms with Crippen LogP contribution in [0, 0.1) is 39.9 Å². The number of aliphatic hydroxyl groups is 1. The molecule has 0 heterocycles. The molecule has 4 rings (SSSR count). The van der Waals surface area contributed by atoms with Gasteiger partial charge < -0.3 is 5.11 Å². The monoisotopic (exact) mass is 372 g/mol. The minimum absolute atomic E-state index is 0.378. The predicted octanol–water partition coefficient (Wildman–Crippen LogP) is 7.14. The average molecular weight is 373 g/mol. The van der Waals surface area contributed by atoms with Gasteiger partial charge in [-0.15, -0.1) is 0 Å². The lowest BCUT2D eigenvalue weighted by atomic mass is 9.39. The number of rotatable bonds is 2. The lowest BCUT2D eigenvalue weighted by molar-refractivity contribution is -0.174. The van der Waals surface area contributed by atoms with Crippen molar-refractivity contribution in [1.82, 2.24) is 0 Å². The molecule has 0 radical (unpaired) electrons. The summed E-state index contributed by atoms with van der Waals surface area (Å²) in [7, 11) is 0. The van der Waals surface area contributed by atoms with Gasteiger partial charge in [-0.05, 0) is 111 Å². The van der Waals surface area contributed by atoms with Crippen LogP contribution in [0.3, 0.4) is 0 Å². The van der Waals surface area contributed by atoms with Gasteiger partial charge in [0.1, 0.15) is 0 Å². The Hall–Kier alpha value is -0.300. The third-order valence-electron chi connectivity index (χ3n) is 10.6. The second-order valence-corrected chi connectivity index (χ2v) is 12.1. The number of hydrogen-bond acceptors (Lipinski definition) is 1. The van der Waals surface area contributed by atoms with Gasteiger partial charge in [-0.25, -0.2) is 0 Å². The zero-order chi connectivity index (χ0) is 19.7. The van der Waals surface area contributed by atoms with E-state index in [0.29, 0.717) is 22.2 Å². The molecule has 154 valence electrons. The molecule has 4 aliphatic rings. The Kier molecular flexibility index (Phi) is 4.70. The van der Waals surface area contributed by atoms with Gasteiger partial charge in [0.2, 0.25) is 0 Å². The van der Waals surface area contributed by atoms with E-state index in [1.165, 1.54) is 44.9 Å². The summed E-state index contributed by atoms with van der Waals surface area (Å²) in [5.41, 5.74) is 2.80. The summed E-state index contributed by atoms with van der Waals surface area (Å²) in [5.74, 6) is 3.09. The van der Waals surface area contributed by atoms with Gasteiger partial charge in [0, 0.05) is 0 Å². The maximum Gasteiger partial charge on any atom is 0.0653 e. The van der Waals surface area contributed by atoms with E-state index >= 15 is 0 Å². The maximum absolute atomic E-state index is 11.3. The molecule has 4 fully saturated rings. The molecule has 1 N–H and O–H groups in total. The molecule has 27 heavy (non-hydrogen) atoms. The molecule has 0 saturated heterocycles. The normalized spacial score (nSPS) is 53.9. The Morgan fingerprint density at radius 2 is 1.78 bits per heavy atom. The van der Waals surface area contributed by atoms with Crippen LogP contribution in [-0.2, 0) is 0 Å². The average Bonchev–Trinajstić information content (AvgIpc) is 2.84. The van der Waals surface area contributed by atoms with E-state index in [2.05, 4.69) is 47.6 Å². The van der Waals surface area contributed by atoms with Crippen LogP contribution in [0.2, 0.25) is 0 Å². The zero-order valence-electron chi connectivity index (χ0n) is 18.9. The van der Waals surface area contributed by atoms with Crippen molar-refractivity contribution in [2.45, 2.75) is 111 Å². The predicted molar refractivity (Wildman–Crippen MR) is 115 cm³/mol. The SMILES string of the molecule is C/C=C1/CC[C@@]2(C)[C@@H]3CC[C@@H]4C[C@@](O)(CC(C)C)CC[C@@H]4[C@@]3(C)CC[C@]12C. The van der Waals surface area contributed by atoms with Gasteiger partial charge in [0.25, 0.3) is 0 Å². The van der Waals surface area contributed by atoms with Crippen LogP contribution in [0.1, 0.15) is 106 Å². The largest absolute Gasteiger partial charge is 0.390 e. The highest BCUT2D eigenvalue weighted by molar-refractivity contribution is 5.28. The lowest BCUT2D eigenvalue weighted by Gasteiger charge is -2.66. The summed E-state index contributed by atoms with van der Waals surface area (Å²) in [4.78, 5) is 0. The van der Waals surface area contributed by atoms with Crippen molar-refractivity contribution in [2.24, 2.45) is 39.9 Å². The van der Waals surface area contributed by atoms with E-state index in [-0.39, 0.29) is 5.60 Å². The summed E-state index contributed by atoms with van der Waals surface area (Å²) < 4.78 is 0. The van der Waals surface area contributed by atoms with Crippen LogP contribution in [0.4, 0.5) is 0 Å². The molecule has 7 atom stereocenters. The molecule has 0 unspecified atom stereocenters. The third kappa shape index (κ3) is 2.73. The highest BCUT2D eigenvalue weighted by atomic mass is 16.3. The van der Waals surface area contributed by atoms with Crippen LogP contribution < -0.4 is 0 Å². The van der Waals surface area contributed by atoms with Crippen molar-refractivity contribution in [3.05, 3.63) is 11.6 Å². The Morgan fingerprint density at radius 3 is 2.44 bits per heavy atom. The Bertz CT molecular complexity index is 620. The molecule has 0 amide bonds. The van der Waals surface area contributed by atoms with Crippen molar-refractivity contribution < 1.29 is 5.11 Å².